The van der Waals surface area contributed by atoms with Gasteiger partial charge in [-0.2, -0.15) is 0 Å². The van der Waals surface area contributed by atoms with Crippen LogP contribution in [0.2, 0.25) is 0 Å². The molecule has 4 aliphatic heterocycles. The van der Waals surface area contributed by atoms with Crippen molar-refractivity contribution in [1.82, 2.24) is 0 Å². The first kappa shape index (κ1) is 23.0. The van der Waals surface area contributed by atoms with Crippen molar-refractivity contribution in [2.75, 3.05) is 0 Å². The summed E-state index contributed by atoms with van der Waals surface area (Å²) in [4.78, 5) is 0. The SMILES string of the molecule is OC1CCC(C(C2CC(C3CCCCC3)C3CC2O3)C2CC(C3CCCCC3)C3CC2O3)CC1. The van der Waals surface area contributed by atoms with Gasteiger partial charge >= 0.3 is 0 Å². The number of hydrogen-bond acceptors (Lipinski definition) is 3. The lowest BCUT2D eigenvalue weighted by molar-refractivity contribution is -0.273. The van der Waals surface area contributed by atoms with Gasteiger partial charge in [0.25, 0.3) is 0 Å². The predicted octanol–water partition coefficient (Wildman–Crippen LogP) is 6.90. The van der Waals surface area contributed by atoms with E-state index in [1.165, 1.54) is 103 Å². The fraction of sp³-hybridized carbons (Fsp3) is 1.00. The molecule has 0 amide bonds. The highest BCUT2D eigenvalue weighted by atomic mass is 16.5. The molecule has 3 nitrogen and oxygen atoms in total. The average Bonchev–Trinajstić information content (AvgIpc) is 2.85. The van der Waals surface area contributed by atoms with E-state index in [0.29, 0.717) is 24.4 Å². The molecule has 0 aromatic rings. The third-order valence-corrected chi connectivity index (χ3v) is 12.4. The Balaban J connectivity index is 1.14. The van der Waals surface area contributed by atoms with Crippen LogP contribution in [0.4, 0.5) is 0 Å². The van der Waals surface area contributed by atoms with Crippen molar-refractivity contribution in [3.63, 3.8) is 0 Å². The Kier molecular flexibility index (Phi) is 6.53. The number of rotatable bonds is 5. The van der Waals surface area contributed by atoms with Gasteiger partial charge in [-0.1, -0.05) is 64.2 Å². The highest BCUT2D eigenvalue weighted by molar-refractivity contribution is 5.07. The van der Waals surface area contributed by atoms with Gasteiger partial charge < -0.3 is 14.6 Å². The molecule has 0 aromatic heterocycles. The van der Waals surface area contributed by atoms with Crippen LogP contribution in [0.5, 0.6) is 0 Å². The Morgan fingerprint density at radius 1 is 0.500 bits per heavy atom. The molecule has 9 fully saturated rings. The lowest BCUT2D eigenvalue weighted by Gasteiger charge is -2.62. The third kappa shape index (κ3) is 4.12. The third-order valence-electron chi connectivity index (χ3n) is 12.4. The molecule has 1 N–H and O–H groups in total. The molecule has 4 saturated heterocycles. The van der Waals surface area contributed by atoms with Crippen molar-refractivity contribution in [2.45, 2.75) is 146 Å². The van der Waals surface area contributed by atoms with E-state index < -0.39 is 0 Å². The minimum atomic E-state index is -0.0479. The van der Waals surface area contributed by atoms with Gasteiger partial charge in [-0.15, -0.1) is 0 Å². The Morgan fingerprint density at radius 3 is 1.38 bits per heavy atom. The molecule has 34 heavy (non-hydrogen) atoms. The Morgan fingerprint density at radius 2 is 0.941 bits per heavy atom. The molecule has 5 aliphatic carbocycles. The summed E-state index contributed by atoms with van der Waals surface area (Å²) in [6, 6.07) is 0. The fourth-order valence-electron chi connectivity index (χ4n) is 10.7. The summed E-state index contributed by atoms with van der Waals surface area (Å²) in [5.74, 6) is 6.62. The van der Waals surface area contributed by atoms with E-state index in [0.717, 1.165) is 60.2 Å². The maximum atomic E-state index is 10.3. The van der Waals surface area contributed by atoms with Gasteiger partial charge in [0.05, 0.1) is 30.5 Å². The second kappa shape index (κ2) is 9.64. The topological polar surface area (TPSA) is 38.7 Å². The van der Waals surface area contributed by atoms with Crippen molar-refractivity contribution in [3.05, 3.63) is 0 Å². The van der Waals surface area contributed by atoms with E-state index >= 15 is 0 Å². The zero-order valence-electron chi connectivity index (χ0n) is 21.5. The highest BCUT2D eigenvalue weighted by Gasteiger charge is 2.58. The van der Waals surface area contributed by atoms with E-state index in [4.69, 9.17) is 9.47 Å². The van der Waals surface area contributed by atoms with Gasteiger partial charge in [-0.25, -0.2) is 0 Å². The van der Waals surface area contributed by atoms with Crippen LogP contribution in [0.3, 0.4) is 0 Å². The number of aliphatic hydroxyl groups is 1. The van der Waals surface area contributed by atoms with E-state index in [1.54, 1.807) is 0 Å². The van der Waals surface area contributed by atoms with Crippen molar-refractivity contribution < 1.29 is 14.6 Å². The Hall–Kier alpha value is -0.120. The Bertz CT molecular complexity index is 629. The second-order valence-corrected chi connectivity index (χ2v) is 14.0. The average molecular weight is 471 g/mol. The van der Waals surface area contributed by atoms with Gasteiger partial charge in [-0.3, -0.25) is 0 Å². The standard InChI is InChI=1S/C31H50O3/c32-22-13-11-21(12-14-22)31(25-15-23(27-17-29(25)33-27)19-7-3-1-4-8-19)26-16-24(28-18-30(26)34-28)20-9-5-2-6-10-20/h19-32H,1-18H2. The molecule has 8 unspecified atom stereocenters. The smallest absolute Gasteiger partial charge is 0.0635 e. The van der Waals surface area contributed by atoms with Gasteiger partial charge in [0.2, 0.25) is 0 Å². The zero-order valence-corrected chi connectivity index (χ0v) is 21.5. The summed E-state index contributed by atoms with van der Waals surface area (Å²) in [5.41, 5.74) is 0. The maximum absolute atomic E-state index is 10.3. The summed E-state index contributed by atoms with van der Waals surface area (Å²) in [6.07, 6.45) is 26.9. The first-order chi connectivity index (χ1) is 16.7. The minimum absolute atomic E-state index is 0.0479. The Labute approximate surface area is 208 Å². The molecule has 5 saturated carbocycles. The van der Waals surface area contributed by atoms with E-state index in [2.05, 4.69) is 0 Å². The van der Waals surface area contributed by atoms with Gasteiger partial charge in [0.15, 0.2) is 0 Å². The molecule has 9 rings (SSSR count). The van der Waals surface area contributed by atoms with E-state index in [1.807, 2.05) is 0 Å². The van der Waals surface area contributed by atoms with Crippen LogP contribution in [-0.2, 0) is 9.47 Å². The molecule has 9 aliphatic rings. The van der Waals surface area contributed by atoms with Crippen molar-refractivity contribution >= 4 is 0 Å². The summed E-state index contributed by atoms with van der Waals surface area (Å²) < 4.78 is 13.5. The lowest BCUT2D eigenvalue weighted by atomic mass is 9.53. The van der Waals surface area contributed by atoms with Crippen LogP contribution >= 0.6 is 0 Å². The zero-order chi connectivity index (χ0) is 22.6. The van der Waals surface area contributed by atoms with Crippen LogP contribution in [0, 0.1) is 47.3 Å². The number of hydrogen-bond donors (Lipinski definition) is 1. The van der Waals surface area contributed by atoms with E-state index in [-0.39, 0.29) is 6.10 Å². The molecule has 8 atom stereocenters. The van der Waals surface area contributed by atoms with E-state index in [9.17, 15) is 5.11 Å². The number of ether oxygens (including phenoxy) is 2. The van der Waals surface area contributed by atoms with Crippen LogP contribution in [0.25, 0.3) is 0 Å². The maximum Gasteiger partial charge on any atom is 0.0635 e. The molecule has 0 aromatic carbocycles. The van der Waals surface area contributed by atoms with Crippen LogP contribution < -0.4 is 0 Å². The molecule has 4 heterocycles. The summed E-state index contributed by atoms with van der Waals surface area (Å²) in [5, 5.41) is 10.3. The summed E-state index contributed by atoms with van der Waals surface area (Å²) in [7, 11) is 0. The largest absolute Gasteiger partial charge is 0.393 e. The van der Waals surface area contributed by atoms with Gasteiger partial charge in [-0.05, 0) is 85.9 Å². The normalized spacial score (nSPS) is 50.7. The van der Waals surface area contributed by atoms with Gasteiger partial charge in [0, 0.05) is 12.8 Å². The lowest BCUT2D eigenvalue weighted by Crippen LogP contribution is -2.62. The van der Waals surface area contributed by atoms with Crippen LogP contribution in [-0.4, -0.2) is 35.6 Å². The molecular formula is C31H50O3. The second-order valence-electron chi connectivity index (χ2n) is 14.0. The fourth-order valence-corrected chi connectivity index (χ4v) is 10.7. The number of aliphatic hydroxyl groups excluding tert-OH is 1. The van der Waals surface area contributed by atoms with Gasteiger partial charge in [0.1, 0.15) is 0 Å². The molecule has 3 heteroatoms. The highest BCUT2D eigenvalue weighted by Crippen LogP contribution is 2.59. The van der Waals surface area contributed by atoms with Crippen molar-refractivity contribution in [2.24, 2.45) is 47.3 Å². The molecule has 192 valence electrons. The van der Waals surface area contributed by atoms with Crippen LogP contribution in [0.15, 0.2) is 0 Å². The quantitative estimate of drug-likeness (QED) is 0.475. The van der Waals surface area contributed by atoms with Crippen molar-refractivity contribution in [1.29, 1.82) is 0 Å². The minimum Gasteiger partial charge on any atom is -0.393 e. The first-order valence-corrected chi connectivity index (χ1v) is 15.7. The predicted molar refractivity (Wildman–Crippen MR) is 134 cm³/mol. The molecule has 0 radical (unpaired) electrons. The number of fused-ring (bicyclic) bond motifs is 4. The summed E-state index contributed by atoms with van der Waals surface area (Å²) in [6.45, 7) is 0. The van der Waals surface area contributed by atoms with Crippen molar-refractivity contribution in [3.8, 4) is 0 Å². The molecule has 4 bridgehead atoms. The first-order valence-electron chi connectivity index (χ1n) is 15.7. The summed E-state index contributed by atoms with van der Waals surface area (Å²) >= 11 is 0. The molecule has 0 spiro atoms. The molecular weight excluding hydrogens is 420 g/mol. The van der Waals surface area contributed by atoms with Crippen LogP contribution in [0.1, 0.15) is 116 Å². The monoisotopic (exact) mass is 470 g/mol.